The van der Waals surface area contributed by atoms with E-state index in [1.54, 1.807) is 0 Å². The van der Waals surface area contributed by atoms with E-state index in [4.69, 9.17) is 4.99 Å². The van der Waals surface area contributed by atoms with Crippen molar-refractivity contribution in [3.8, 4) is 0 Å². The van der Waals surface area contributed by atoms with Gasteiger partial charge in [0.05, 0.1) is 6.54 Å². The molecule has 27 heavy (non-hydrogen) atoms. The number of hydrogen-bond acceptors (Lipinski definition) is 3. The molecule has 2 heterocycles. The highest BCUT2D eigenvalue weighted by Crippen LogP contribution is 2.37. The van der Waals surface area contributed by atoms with Crippen LogP contribution in [0.2, 0.25) is 0 Å². The van der Waals surface area contributed by atoms with Crippen molar-refractivity contribution < 1.29 is 4.79 Å². The average Bonchev–Trinajstić information content (AvgIpc) is 3.30. The van der Waals surface area contributed by atoms with Crippen molar-refractivity contribution in [1.82, 2.24) is 10.6 Å². The number of carbonyl (C=O) groups is 1. The Kier molecular flexibility index (Phi) is 7.05. The molecule has 1 unspecified atom stereocenters. The summed E-state index contributed by atoms with van der Waals surface area (Å²) in [6, 6.07) is 8.22. The monoisotopic (exact) mass is 388 g/mol. The van der Waals surface area contributed by atoms with E-state index in [2.05, 4.69) is 36.6 Å². The van der Waals surface area contributed by atoms with Gasteiger partial charge in [0.1, 0.15) is 0 Å². The van der Waals surface area contributed by atoms with Crippen LogP contribution in [0.3, 0.4) is 0 Å². The first kappa shape index (κ1) is 20.1. The fraction of sp³-hybridized carbons (Fsp3) is 0.619. The summed E-state index contributed by atoms with van der Waals surface area (Å²) in [4.78, 5) is 19.3. The van der Waals surface area contributed by atoms with Gasteiger partial charge in [-0.3, -0.25) is 9.79 Å². The molecule has 6 heteroatoms. The molecule has 0 spiro atoms. The van der Waals surface area contributed by atoms with Crippen LogP contribution in [0, 0.1) is 0 Å². The molecule has 3 rings (SSSR count). The lowest BCUT2D eigenvalue weighted by Gasteiger charge is -2.21. The largest absolute Gasteiger partial charge is 0.357 e. The van der Waals surface area contributed by atoms with Crippen molar-refractivity contribution in [1.29, 1.82) is 0 Å². The van der Waals surface area contributed by atoms with Gasteiger partial charge in [-0.25, -0.2) is 0 Å². The summed E-state index contributed by atoms with van der Waals surface area (Å²) in [5, 5.41) is 6.70. The zero-order valence-electron chi connectivity index (χ0n) is 16.6. The highest BCUT2D eigenvalue weighted by atomic mass is 32.2. The van der Waals surface area contributed by atoms with E-state index in [-0.39, 0.29) is 10.7 Å². The summed E-state index contributed by atoms with van der Waals surface area (Å²) in [7, 11) is 0. The Bertz CT molecular complexity index is 670. The predicted molar refractivity (Wildman–Crippen MR) is 116 cm³/mol. The van der Waals surface area contributed by atoms with Crippen LogP contribution in [0.4, 0.5) is 5.69 Å². The highest BCUT2D eigenvalue weighted by molar-refractivity contribution is 8.00. The van der Waals surface area contributed by atoms with E-state index < -0.39 is 0 Å². The van der Waals surface area contributed by atoms with Gasteiger partial charge in [0.15, 0.2) is 5.96 Å². The molecule has 1 fully saturated rings. The molecule has 1 saturated heterocycles. The molecule has 0 radical (unpaired) electrons. The van der Waals surface area contributed by atoms with E-state index >= 15 is 0 Å². The Hall–Kier alpha value is -1.69. The number of guanidine groups is 1. The number of amides is 1. The van der Waals surface area contributed by atoms with Crippen molar-refractivity contribution in [2.24, 2.45) is 4.99 Å². The first-order valence-electron chi connectivity index (χ1n) is 10.2. The van der Waals surface area contributed by atoms with Gasteiger partial charge >= 0.3 is 0 Å². The number of anilines is 1. The average molecular weight is 389 g/mol. The molecule has 148 valence electrons. The maximum absolute atomic E-state index is 12.6. The molecule has 2 aliphatic rings. The van der Waals surface area contributed by atoms with Crippen molar-refractivity contribution in [3.63, 3.8) is 0 Å². The second-order valence-corrected chi connectivity index (χ2v) is 9.23. The van der Waals surface area contributed by atoms with Crippen LogP contribution in [0.5, 0.6) is 0 Å². The Balaban J connectivity index is 1.43. The number of para-hydroxylation sites is 1. The second-order valence-electron chi connectivity index (χ2n) is 7.55. The molecule has 1 atom stereocenters. The lowest BCUT2D eigenvalue weighted by atomic mass is 10.1. The molecule has 1 aromatic carbocycles. The molecule has 1 aromatic rings. The lowest BCUT2D eigenvalue weighted by molar-refractivity contribution is -0.118. The molecule has 1 amide bonds. The Morgan fingerprint density at radius 1 is 1.33 bits per heavy atom. The molecular weight excluding hydrogens is 356 g/mol. The molecule has 2 N–H and O–H groups in total. The summed E-state index contributed by atoms with van der Waals surface area (Å²) >= 11 is 2.03. The first-order chi connectivity index (χ1) is 13.1. The minimum atomic E-state index is 0.221. The van der Waals surface area contributed by atoms with Gasteiger partial charge in [-0.05, 0) is 56.9 Å². The number of nitrogens with zero attached hydrogens (tertiary/aromatic N) is 2. The quantitative estimate of drug-likeness (QED) is 0.428. The smallest absolute Gasteiger partial charge is 0.227 e. The van der Waals surface area contributed by atoms with Crippen LogP contribution in [-0.4, -0.2) is 48.5 Å². The number of benzene rings is 1. The van der Waals surface area contributed by atoms with Crippen LogP contribution in [-0.2, 0) is 11.2 Å². The molecule has 0 bridgehead atoms. The van der Waals surface area contributed by atoms with Gasteiger partial charge in [-0.15, -0.1) is 0 Å². The van der Waals surface area contributed by atoms with Crippen LogP contribution in [0.15, 0.2) is 29.3 Å². The number of aliphatic imine (C=N–C) groups is 1. The number of hydrogen-bond donors (Lipinski definition) is 2. The van der Waals surface area contributed by atoms with Gasteiger partial charge < -0.3 is 15.5 Å². The van der Waals surface area contributed by atoms with Gasteiger partial charge in [0, 0.05) is 36.5 Å². The number of carbonyl (C=O) groups excluding carboxylic acids is 1. The lowest BCUT2D eigenvalue weighted by Crippen LogP contribution is -2.39. The first-order valence-corrected chi connectivity index (χ1v) is 11.1. The van der Waals surface area contributed by atoms with Crippen molar-refractivity contribution in [2.75, 3.05) is 36.8 Å². The number of fused-ring (bicyclic) bond motifs is 1. The summed E-state index contributed by atoms with van der Waals surface area (Å²) < 4.78 is 0.279. The SMILES string of the molecule is CCNC(=NCC1(C)CCCS1)NCCCC(=O)N1CCc2ccccc21. The summed E-state index contributed by atoms with van der Waals surface area (Å²) in [5.41, 5.74) is 2.37. The third kappa shape index (κ3) is 5.41. The summed E-state index contributed by atoms with van der Waals surface area (Å²) in [6.45, 7) is 7.65. The summed E-state index contributed by atoms with van der Waals surface area (Å²) in [6.07, 6.45) is 4.88. The zero-order valence-corrected chi connectivity index (χ0v) is 17.4. The Labute approximate surface area is 167 Å². The fourth-order valence-corrected chi connectivity index (χ4v) is 4.95. The minimum absolute atomic E-state index is 0.221. The normalized spacial score (nSPS) is 22.0. The van der Waals surface area contributed by atoms with Crippen LogP contribution < -0.4 is 15.5 Å². The van der Waals surface area contributed by atoms with Crippen molar-refractivity contribution in [2.45, 2.75) is 50.7 Å². The van der Waals surface area contributed by atoms with Gasteiger partial charge in [-0.2, -0.15) is 11.8 Å². The molecule has 0 aromatic heterocycles. The second kappa shape index (κ2) is 9.49. The van der Waals surface area contributed by atoms with E-state index in [9.17, 15) is 4.79 Å². The minimum Gasteiger partial charge on any atom is -0.357 e. The molecule has 0 saturated carbocycles. The van der Waals surface area contributed by atoms with Crippen LogP contribution >= 0.6 is 11.8 Å². The van der Waals surface area contributed by atoms with Gasteiger partial charge in [-0.1, -0.05) is 18.2 Å². The summed E-state index contributed by atoms with van der Waals surface area (Å²) in [5.74, 6) is 2.33. The van der Waals surface area contributed by atoms with E-state index in [1.165, 1.54) is 24.2 Å². The van der Waals surface area contributed by atoms with E-state index in [0.717, 1.165) is 50.7 Å². The van der Waals surface area contributed by atoms with E-state index in [1.807, 2.05) is 28.8 Å². The number of nitrogens with one attached hydrogen (secondary N) is 2. The number of thioether (sulfide) groups is 1. The maximum Gasteiger partial charge on any atom is 0.227 e. The van der Waals surface area contributed by atoms with Gasteiger partial charge in [0.2, 0.25) is 5.91 Å². The van der Waals surface area contributed by atoms with Crippen molar-refractivity contribution in [3.05, 3.63) is 29.8 Å². The highest BCUT2D eigenvalue weighted by Gasteiger charge is 2.29. The topological polar surface area (TPSA) is 56.7 Å². The third-order valence-electron chi connectivity index (χ3n) is 5.26. The van der Waals surface area contributed by atoms with Crippen molar-refractivity contribution >= 4 is 29.3 Å². The molecule has 2 aliphatic heterocycles. The fourth-order valence-electron chi connectivity index (χ4n) is 3.73. The molecular formula is C21H32N4OS. The maximum atomic E-state index is 12.6. The third-order valence-corrected chi connectivity index (χ3v) is 6.79. The number of rotatable bonds is 7. The predicted octanol–water partition coefficient (Wildman–Crippen LogP) is 3.20. The van der Waals surface area contributed by atoms with Gasteiger partial charge in [0.25, 0.3) is 0 Å². The van der Waals surface area contributed by atoms with Crippen LogP contribution in [0.25, 0.3) is 0 Å². The molecule has 0 aliphatic carbocycles. The van der Waals surface area contributed by atoms with E-state index in [0.29, 0.717) is 6.42 Å². The Morgan fingerprint density at radius 2 is 2.19 bits per heavy atom. The standard InChI is InChI=1S/C21H32N4OS/c1-3-22-20(24-16-21(2)12-7-15-27-21)23-13-6-10-19(26)25-14-11-17-8-4-5-9-18(17)25/h4-5,8-9H,3,6-7,10-16H2,1-2H3,(H2,22,23,24). The zero-order chi connectivity index (χ0) is 19.1. The molecule has 5 nitrogen and oxygen atoms in total. The Morgan fingerprint density at radius 3 is 2.96 bits per heavy atom. The van der Waals surface area contributed by atoms with Crippen LogP contribution in [0.1, 0.15) is 45.1 Å².